The van der Waals surface area contributed by atoms with E-state index in [9.17, 15) is 23.1 Å². The van der Waals surface area contributed by atoms with Crippen LogP contribution in [0.25, 0.3) is 11.4 Å². The molecule has 8 nitrogen and oxygen atoms in total. The Bertz CT molecular complexity index is 1190. The Labute approximate surface area is 179 Å². The van der Waals surface area contributed by atoms with Gasteiger partial charge in [0.25, 0.3) is 5.91 Å². The number of primary amides is 1. The maximum Gasteiger partial charge on any atom is 0.420 e. The second-order valence-electron chi connectivity index (χ2n) is 6.51. The molecule has 0 spiro atoms. The van der Waals surface area contributed by atoms with Crippen molar-refractivity contribution in [3.8, 4) is 29.0 Å². The van der Waals surface area contributed by atoms with E-state index in [0.29, 0.717) is 11.6 Å². The summed E-state index contributed by atoms with van der Waals surface area (Å²) in [4.78, 5) is 19.6. The van der Waals surface area contributed by atoms with Gasteiger partial charge >= 0.3 is 6.18 Å². The van der Waals surface area contributed by atoms with Gasteiger partial charge in [-0.05, 0) is 48.5 Å². The number of carbonyl (C=O) groups excluding carboxylic acids is 1. The zero-order valence-corrected chi connectivity index (χ0v) is 16.2. The number of carbonyl (C=O) groups is 1. The van der Waals surface area contributed by atoms with E-state index in [1.807, 2.05) is 0 Å². The summed E-state index contributed by atoms with van der Waals surface area (Å²) in [5.74, 6) is -1.29. The number of aliphatic hydroxyl groups excluding tert-OH is 2. The van der Waals surface area contributed by atoms with Gasteiger partial charge in [-0.2, -0.15) is 18.4 Å². The molecule has 0 aliphatic rings. The number of amides is 1. The van der Waals surface area contributed by atoms with Crippen LogP contribution in [0, 0.1) is 11.3 Å². The third-order valence-electron chi connectivity index (χ3n) is 4.27. The Morgan fingerprint density at radius 1 is 1.16 bits per heavy atom. The van der Waals surface area contributed by atoms with Gasteiger partial charge in [0, 0.05) is 5.56 Å². The summed E-state index contributed by atoms with van der Waals surface area (Å²) in [6.45, 7) is -0.645. The van der Waals surface area contributed by atoms with Gasteiger partial charge in [0.05, 0.1) is 29.5 Å². The number of benzene rings is 2. The summed E-state index contributed by atoms with van der Waals surface area (Å²) < 4.78 is 45.3. The van der Waals surface area contributed by atoms with E-state index in [4.69, 9.17) is 20.8 Å². The maximum atomic E-state index is 13.3. The monoisotopic (exact) mass is 444 g/mol. The summed E-state index contributed by atoms with van der Waals surface area (Å²) in [6, 6.07) is 11.3. The molecule has 0 saturated carbocycles. The lowest BCUT2D eigenvalue weighted by Crippen LogP contribution is -2.16. The van der Waals surface area contributed by atoms with Crippen molar-refractivity contribution in [2.45, 2.75) is 12.3 Å². The Morgan fingerprint density at radius 2 is 1.84 bits per heavy atom. The van der Waals surface area contributed by atoms with Crippen molar-refractivity contribution in [2.75, 3.05) is 6.61 Å². The number of aromatic nitrogens is 2. The second-order valence-corrected chi connectivity index (χ2v) is 6.51. The largest absolute Gasteiger partial charge is 0.457 e. The number of alkyl halides is 3. The Balaban J connectivity index is 1.94. The van der Waals surface area contributed by atoms with Crippen LogP contribution >= 0.6 is 0 Å². The van der Waals surface area contributed by atoms with Gasteiger partial charge in [-0.3, -0.25) is 4.79 Å². The first-order chi connectivity index (χ1) is 15.1. The van der Waals surface area contributed by atoms with Gasteiger partial charge < -0.3 is 20.7 Å². The Kier molecular flexibility index (Phi) is 6.38. The van der Waals surface area contributed by atoms with Gasteiger partial charge in [0.1, 0.15) is 23.3 Å². The van der Waals surface area contributed by atoms with E-state index >= 15 is 0 Å². The van der Waals surface area contributed by atoms with Crippen molar-refractivity contribution in [1.82, 2.24) is 9.97 Å². The molecule has 1 atom stereocenters. The van der Waals surface area contributed by atoms with Crippen LogP contribution in [0.15, 0.2) is 48.5 Å². The Hall–Kier alpha value is -4.01. The molecule has 1 aromatic heterocycles. The first-order valence-corrected chi connectivity index (χ1v) is 8.99. The van der Waals surface area contributed by atoms with Crippen LogP contribution < -0.4 is 10.5 Å². The molecule has 2 aromatic carbocycles. The molecule has 3 aromatic rings. The van der Waals surface area contributed by atoms with Crippen molar-refractivity contribution in [3.05, 3.63) is 71.0 Å². The van der Waals surface area contributed by atoms with Gasteiger partial charge in [0.2, 0.25) is 0 Å². The number of nitrogens with zero attached hydrogens (tertiary/aromatic N) is 3. The summed E-state index contributed by atoms with van der Waals surface area (Å²) >= 11 is 0. The molecule has 0 radical (unpaired) electrons. The lowest BCUT2D eigenvalue weighted by atomic mass is 10.1. The quantitative estimate of drug-likeness (QED) is 0.530. The highest BCUT2D eigenvalue weighted by Gasteiger charge is 2.35. The van der Waals surface area contributed by atoms with Crippen LogP contribution in [0.3, 0.4) is 0 Å². The van der Waals surface area contributed by atoms with E-state index in [2.05, 4.69) is 9.97 Å². The molecule has 4 N–H and O–H groups in total. The first kappa shape index (κ1) is 22.7. The van der Waals surface area contributed by atoms with Gasteiger partial charge in [0.15, 0.2) is 5.82 Å². The van der Waals surface area contributed by atoms with Crippen molar-refractivity contribution < 1.29 is 32.9 Å². The Morgan fingerprint density at radius 3 is 2.41 bits per heavy atom. The topological polar surface area (TPSA) is 142 Å². The summed E-state index contributed by atoms with van der Waals surface area (Å²) in [7, 11) is 0. The fraction of sp³-hybridized carbons (Fsp3) is 0.143. The number of nitrogens with two attached hydrogens (primary N) is 1. The van der Waals surface area contributed by atoms with Gasteiger partial charge in [-0.15, -0.1) is 0 Å². The molecular weight excluding hydrogens is 429 g/mol. The third-order valence-corrected chi connectivity index (χ3v) is 4.27. The van der Waals surface area contributed by atoms with E-state index in [-0.39, 0.29) is 28.5 Å². The van der Waals surface area contributed by atoms with Crippen LogP contribution in [-0.2, 0) is 6.18 Å². The smallest absolute Gasteiger partial charge is 0.420 e. The highest BCUT2D eigenvalue weighted by atomic mass is 19.4. The van der Waals surface area contributed by atoms with Crippen molar-refractivity contribution in [1.29, 1.82) is 5.26 Å². The predicted octanol–water partition coefficient (Wildman–Crippen LogP) is 2.95. The van der Waals surface area contributed by atoms with E-state index in [1.54, 1.807) is 6.07 Å². The minimum atomic E-state index is -4.73. The molecule has 0 fully saturated rings. The fourth-order valence-electron chi connectivity index (χ4n) is 2.69. The van der Waals surface area contributed by atoms with Gasteiger partial charge in [-0.1, -0.05) is 0 Å². The molecule has 1 heterocycles. The minimum Gasteiger partial charge on any atom is -0.457 e. The van der Waals surface area contributed by atoms with Crippen LogP contribution in [0.4, 0.5) is 13.2 Å². The zero-order chi connectivity index (χ0) is 23.5. The lowest BCUT2D eigenvalue weighted by molar-refractivity contribution is -0.138. The highest BCUT2D eigenvalue weighted by molar-refractivity contribution is 5.91. The number of rotatable bonds is 6. The summed E-state index contributed by atoms with van der Waals surface area (Å²) in [6.07, 6.45) is -6.09. The van der Waals surface area contributed by atoms with Crippen molar-refractivity contribution >= 4 is 5.91 Å². The molecule has 1 unspecified atom stereocenters. The van der Waals surface area contributed by atoms with E-state index in [1.165, 1.54) is 30.3 Å². The molecule has 0 aliphatic carbocycles. The summed E-state index contributed by atoms with van der Waals surface area (Å²) in [5.41, 5.74) is 4.12. The number of hydrogen-bond donors (Lipinski definition) is 3. The molecule has 164 valence electrons. The normalized spacial score (nSPS) is 12.1. The van der Waals surface area contributed by atoms with Crippen LogP contribution in [0.2, 0.25) is 0 Å². The van der Waals surface area contributed by atoms with Crippen LogP contribution in [-0.4, -0.2) is 32.7 Å². The molecule has 11 heteroatoms. The average Bonchev–Trinajstić information content (AvgIpc) is 2.78. The number of hydrogen-bond acceptors (Lipinski definition) is 7. The molecular formula is C21H15F3N4O4. The zero-order valence-electron chi connectivity index (χ0n) is 16.2. The first-order valence-electron chi connectivity index (χ1n) is 8.99. The average molecular weight is 444 g/mol. The molecule has 1 amide bonds. The predicted molar refractivity (Wildman–Crippen MR) is 104 cm³/mol. The van der Waals surface area contributed by atoms with Gasteiger partial charge in [-0.25, -0.2) is 9.97 Å². The number of halogens is 3. The standard InChI is InChI=1S/C21H15F3N4O4/c22-21(23,24)14-7-11(9-25)1-6-18(14)32-13-4-2-12(3-5-13)20-27-15(17(30)10-29)8-16(28-20)19(26)31/h1-8,17,29-30H,10H2,(H2,26,31). The van der Waals surface area contributed by atoms with Crippen molar-refractivity contribution in [2.24, 2.45) is 5.73 Å². The number of aliphatic hydroxyl groups is 2. The third kappa shape index (κ3) is 5.00. The minimum absolute atomic E-state index is 0.00436. The SMILES string of the molecule is N#Cc1ccc(Oc2ccc(-c3nc(C(N)=O)cc(C(O)CO)n3)cc2)c(C(F)(F)F)c1. The maximum absolute atomic E-state index is 13.3. The molecule has 3 rings (SSSR count). The van der Waals surface area contributed by atoms with Crippen LogP contribution in [0.5, 0.6) is 11.5 Å². The van der Waals surface area contributed by atoms with E-state index in [0.717, 1.165) is 12.1 Å². The second kappa shape index (κ2) is 9.01. The van der Waals surface area contributed by atoms with Crippen LogP contribution in [0.1, 0.15) is 33.4 Å². The lowest BCUT2D eigenvalue weighted by Gasteiger charge is -2.14. The summed E-state index contributed by atoms with van der Waals surface area (Å²) in [5, 5.41) is 27.8. The van der Waals surface area contributed by atoms with E-state index < -0.39 is 36.1 Å². The fourth-order valence-corrected chi connectivity index (χ4v) is 2.69. The molecule has 0 saturated heterocycles. The number of nitriles is 1. The van der Waals surface area contributed by atoms with Crippen molar-refractivity contribution in [3.63, 3.8) is 0 Å². The number of ether oxygens (including phenoxy) is 1. The highest BCUT2D eigenvalue weighted by Crippen LogP contribution is 2.39. The molecule has 0 aliphatic heterocycles. The molecule has 0 bridgehead atoms. The molecule has 32 heavy (non-hydrogen) atoms.